The van der Waals surface area contributed by atoms with E-state index in [1.165, 1.54) is 11.3 Å². The third kappa shape index (κ3) is 2.54. The summed E-state index contributed by atoms with van der Waals surface area (Å²) in [7, 11) is 0. The molecule has 0 unspecified atom stereocenters. The molecule has 3 aromatic rings. The highest BCUT2D eigenvalue weighted by atomic mass is 35.5. The second-order valence-corrected chi connectivity index (χ2v) is 6.17. The van der Waals surface area contributed by atoms with Crippen LogP contribution in [0.1, 0.15) is 5.56 Å². The highest BCUT2D eigenvalue weighted by Gasteiger charge is 2.14. The summed E-state index contributed by atoms with van der Waals surface area (Å²) in [6.07, 6.45) is 1.58. The van der Waals surface area contributed by atoms with Gasteiger partial charge in [-0.05, 0) is 6.92 Å². The molecule has 6 heteroatoms. The molecule has 1 aromatic carbocycles. The van der Waals surface area contributed by atoms with Gasteiger partial charge in [-0.25, -0.2) is 15.0 Å². The second-order valence-electron chi connectivity index (χ2n) is 4.15. The lowest BCUT2D eigenvalue weighted by Gasteiger charge is -2.08. The van der Waals surface area contributed by atoms with Gasteiger partial charge in [-0.1, -0.05) is 64.9 Å². The fourth-order valence-corrected chi connectivity index (χ4v) is 2.84. The molecule has 0 bridgehead atoms. The van der Waals surface area contributed by atoms with Crippen LogP contribution in [-0.2, 0) is 0 Å². The van der Waals surface area contributed by atoms with Crippen LogP contribution in [0.5, 0.6) is 0 Å². The number of hydrogen-bond acceptors (Lipinski definition) is 4. The predicted molar refractivity (Wildman–Crippen MR) is 83.3 cm³/mol. The Kier molecular flexibility index (Phi) is 3.70. The first-order valence-electron chi connectivity index (χ1n) is 5.86. The first-order chi connectivity index (χ1) is 9.65. The van der Waals surface area contributed by atoms with Crippen molar-refractivity contribution in [2.24, 2.45) is 0 Å². The summed E-state index contributed by atoms with van der Waals surface area (Å²) in [4.78, 5) is 13.1. The van der Waals surface area contributed by atoms with Gasteiger partial charge in [0.25, 0.3) is 0 Å². The molecular weight excluding hydrogens is 313 g/mol. The molecule has 0 saturated carbocycles. The summed E-state index contributed by atoms with van der Waals surface area (Å²) in [6, 6.07) is 9.87. The van der Waals surface area contributed by atoms with Crippen LogP contribution in [0.25, 0.3) is 22.1 Å². The molecule has 3 nitrogen and oxygen atoms in total. The maximum atomic E-state index is 6.22. The summed E-state index contributed by atoms with van der Waals surface area (Å²) in [5.41, 5.74) is 2.66. The Labute approximate surface area is 130 Å². The Morgan fingerprint density at radius 2 is 1.80 bits per heavy atom. The number of aromatic nitrogens is 3. The number of nitrogens with zero attached hydrogens (tertiary/aromatic N) is 3. The van der Waals surface area contributed by atoms with Crippen molar-refractivity contribution in [1.29, 1.82) is 0 Å². The highest BCUT2D eigenvalue weighted by molar-refractivity contribution is 7.18. The van der Waals surface area contributed by atoms with Crippen LogP contribution in [0, 0.1) is 6.92 Å². The van der Waals surface area contributed by atoms with Gasteiger partial charge in [0, 0.05) is 11.1 Å². The second kappa shape index (κ2) is 5.48. The summed E-state index contributed by atoms with van der Waals surface area (Å²) in [5, 5.41) is 1.09. The highest BCUT2D eigenvalue weighted by Crippen LogP contribution is 2.31. The van der Waals surface area contributed by atoms with E-state index < -0.39 is 0 Å². The van der Waals surface area contributed by atoms with Crippen molar-refractivity contribution in [2.45, 2.75) is 6.92 Å². The van der Waals surface area contributed by atoms with Crippen LogP contribution in [0.3, 0.4) is 0 Å². The van der Waals surface area contributed by atoms with Crippen molar-refractivity contribution in [2.75, 3.05) is 0 Å². The van der Waals surface area contributed by atoms with E-state index in [1.54, 1.807) is 6.20 Å². The Bertz CT molecular complexity index is 756. The third-order valence-corrected chi connectivity index (χ3v) is 4.28. The van der Waals surface area contributed by atoms with Gasteiger partial charge in [0.2, 0.25) is 0 Å². The quantitative estimate of drug-likeness (QED) is 0.631. The number of rotatable bonds is 2. The van der Waals surface area contributed by atoms with Gasteiger partial charge in [-0.3, -0.25) is 0 Å². The topological polar surface area (TPSA) is 38.7 Å². The van der Waals surface area contributed by atoms with Crippen molar-refractivity contribution >= 4 is 34.5 Å². The number of thiazole rings is 1. The lowest BCUT2D eigenvalue weighted by Crippen LogP contribution is -1.96. The molecule has 0 spiro atoms. The van der Waals surface area contributed by atoms with Crippen molar-refractivity contribution in [3.63, 3.8) is 0 Å². The monoisotopic (exact) mass is 321 g/mol. The summed E-state index contributed by atoms with van der Waals surface area (Å²) >= 11 is 13.5. The summed E-state index contributed by atoms with van der Waals surface area (Å²) < 4.78 is 0.599. The average Bonchev–Trinajstić information content (AvgIpc) is 2.89. The standard InChI is InChI=1S/C14H9Cl2N3S/c1-8-11(9-5-3-2-4-6-9)18-13(19-12(8)16)14-17-7-10(15)20-14/h2-7H,1H3. The van der Waals surface area contributed by atoms with Crippen molar-refractivity contribution in [3.8, 4) is 22.1 Å². The molecule has 3 rings (SSSR count). The van der Waals surface area contributed by atoms with E-state index >= 15 is 0 Å². The fraction of sp³-hybridized carbons (Fsp3) is 0.0714. The molecule has 0 N–H and O–H groups in total. The van der Waals surface area contributed by atoms with Gasteiger partial charge in [-0.2, -0.15) is 0 Å². The maximum absolute atomic E-state index is 6.22. The van der Waals surface area contributed by atoms with Crippen LogP contribution in [0.15, 0.2) is 36.5 Å². The molecular formula is C14H9Cl2N3S. The fourth-order valence-electron chi connectivity index (χ4n) is 1.82. The van der Waals surface area contributed by atoms with Gasteiger partial charge in [-0.15, -0.1) is 0 Å². The molecule has 0 radical (unpaired) electrons. The smallest absolute Gasteiger partial charge is 0.190 e. The van der Waals surface area contributed by atoms with E-state index in [0.29, 0.717) is 20.3 Å². The van der Waals surface area contributed by atoms with E-state index in [2.05, 4.69) is 15.0 Å². The normalized spacial score (nSPS) is 10.8. The molecule has 0 atom stereocenters. The predicted octanol–water partition coefficient (Wildman–Crippen LogP) is 4.88. The zero-order valence-corrected chi connectivity index (χ0v) is 12.8. The van der Waals surface area contributed by atoms with Gasteiger partial charge in [0.15, 0.2) is 10.8 Å². The largest absolute Gasteiger partial charge is 0.240 e. The van der Waals surface area contributed by atoms with E-state index in [0.717, 1.165) is 16.8 Å². The Morgan fingerprint density at radius 1 is 1.05 bits per heavy atom. The minimum atomic E-state index is 0.431. The van der Waals surface area contributed by atoms with Gasteiger partial charge in [0.1, 0.15) is 9.49 Å². The van der Waals surface area contributed by atoms with Gasteiger partial charge >= 0.3 is 0 Å². The molecule has 2 aromatic heterocycles. The molecule has 0 amide bonds. The molecule has 0 fully saturated rings. The van der Waals surface area contributed by atoms with Gasteiger partial charge in [0.05, 0.1) is 11.9 Å². The zero-order valence-electron chi connectivity index (χ0n) is 10.5. The van der Waals surface area contributed by atoms with Crippen LogP contribution < -0.4 is 0 Å². The Balaban J connectivity index is 2.18. The first kappa shape index (κ1) is 13.5. The average molecular weight is 322 g/mol. The van der Waals surface area contributed by atoms with E-state index in [4.69, 9.17) is 23.2 Å². The van der Waals surface area contributed by atoms with E-state index in [9.17, 15) is 0 Å². The zero-order chi connectivity index (χ0) is 14.1. The molecule has 0 saturated heterocycles. The first-order valence-corrected chi connectivity index (χ1v) is 7.43. The third-order valence-electron chi connectivity index (χ3n) is 2.80. The molecule has 0 aliphatic rings. The van der Waals surface area contributed by atoms with Crippen molar-refractivity contribution < 1.29 is 0 Å². The van der Waals surface area contributed by atoms with Crippen molar-refractivity contribution in [1.82, 2.24) is 15.0 Å². The molecule has 2 heterocycles. The summed E-state index contributed by atoms with van der Waals surface area (Å²) in [5.74, 6) is 0.497. The van der Waals surface area contributed by atoms with Crippen LogP contribution in [0.2, 0.25) is 9.49 Å². The number of hydrogen-bond donors (Lipinski definition) is 0. The van der Waals surface area contributed by atoms with Gasteiger partial charge < -0.3 is 0 Å². The number of benzene rings is 1. The lowest BCUT2D eigenvalue weighted by atomic mass is 10.1. The minimum absolute atomic E-state index is 0.431. The number of halogens is 2. The lowest BCUT2D eigenvalue weighted by molar-refractivity contribution is 1.13. The van der Waals surface area contributed by atoms with Crippen LogP contribution in [-0.4, -0.2) is 15.0 Å². The van der Waals surface area contributed by atoms with Crippen molar-refractivity contribution in [3.05, 3.63) is 51.6 Å². The van der Waals surface area contributed by atoms with E-state index in [1.807, 2.05) is 37.3 Å². The van der Waals surface area contributed by atoms with Crippen LogP contribution >= 0.6 is 34.5 Å². The molecule has 0 aliphatic heterocycles. The maximum Gasteiger partial charge on any atom is 0.190 e. The Morgan fingerprint density at radius 3 is 2.45 bits per heavy atom. The van der Waals surface area contributed by atoms with Crippen LogP contribution in [0.4, 0.5) is 0 Å². The minimum Gasteiger partial charge on any atom is -0.240 e. The van der Waals surface area contributed by atoms with E-state index in [-0.39, 0.29) is 0 Å². The molecule has 0 aliphatic carbocycles. The SMILES string of the molecule is Cc1c(Cl)nc(-c2ncc(Cl)s2)nc1-c1ccccc1. The molecule has 20 heavy (non-hydrogen) atoms. The molecule has 100 valence electrons. The summed E-state index contributed by atoms with van der Waals surface area (Å²) in [6.45, 7) is 1.91. The Hall–Kier alpha value is -1.49.